The molecule has 0 radical (unpaired) electrons. The lowest BCUT2D eigenvalue weighted by molar-refractivity contribution is -0.00348. The van der Waals surface area contributed by atoms with Gasteiger partial charge in [-0.1, -0.05) is 13.0 Å². The Morgan fingerprint density at radius 2 is 2.11 bits per heavy atom. The average molecular weight is 260 g/mol. The van der Waals surface area contributed by atoms with Crippen molar-refractivity contribution in [1.29, 1.82) is 0 Å². The summed E-state index contributed by atoms with van der Waals surface area (Å²) in [6.45, 7) is 11.3. The average Bonchev–Trinajstić information content (AvgIpc) is 2.47. The number of hydrogen-bond acceptors (Lipinski definition) is 4. The quantitative estimate of drug-likeness (QED) is 0.876. The van der Waals surface area contributed by atoms with E-state index in [2.05, 4.69) is 39.2 Å². The van der Waals surface area contributed by atoms with Gasteiger partial charge in [0.15, 0.2) is 0 Å². The summed E-state index contributed by atoms with van der Waals surface area (Å²) < 4.78 is 0. The van der Waals surface area contributed by atoms with Gasteiger partial charge >= 0.3 is 0 Å². The van der Waals surface area contributed by atoms with E-state index in [0.29, 0.717) is 12.1 Å². The van der Waals surface area contributed by atoms with Crippen LogP contribution in [0, 0.1) is 6.92 Å². The lowest BCUT2D eigenvalue weighted by Crippen LogP contribution is -2.63. The van der Waals surface area contributed by atoms with E-state index < -0.39 is 0 Å². The predicted molar refractivity (Wildman–Crippen MR) is 77.2 cm³/mol. The molecule has 1 aromatic rings. The van der Waals surface area contributed by atoms with Gasteiger partial charge in [0, 0.05) is 50.7 Å². The minimum atomic E-state index is 0.404. The van der Waals surface area contributed by atoms with E-state index in [0.717, 1.165) is 12.2 Å². The minimum Gasteiger partial charge on any atom is -0.309 e. The summed E-state index contributed by atoms with van der Waals surface area (Å²) in [6.07, 6.45) is 2.04. The lowest BCUT2D eigenvalue weighted by atomic mass is 9.94. The van der Waals surface area contributed by atoms with Crippen molar-refractivity contribution in [2.24, 2.45) is 0 Å². The van der Waals surface area contributed by atoms with Gasteiger partial charge in [0.25, 0.3) is 0 Å². The number of aromatic nitrogens is 1. The van der Waals surface area contributed by atoms with Crippen LogP contribution in [0.3, 0.4) is 0 Å². The Bertz CT molecular complexity index is 409. The molecule has 1 N–H and O–H groups in total. The highest BCUT2D eigenvalue weighted by molar-refractivity contribution is 5.20. The highest BCUT2D eigenvalue weighted by atomic mass is 15.4. The Labute approximate surface area is 115 Å². The molecule has 0 aliphatic carbocycles. The van der Waals surface area contributed by atoms with Crippen molar-refractivity contribution in [3.05, 3.63) is 29.6 Å². The Balaban J connectivity index is 1.82. The van der Waals surface area contributed by atoms with Gasteiger partial charge < -0.3 is 5.32 Å². The molecule has 0 spiro atoms. The predicted octanol–water partition coefficient (Wildman–Crippen LogP) is 1.04. The van der Waals surface area contributed by atoms with Gasteiger partial charge in [-0.2, -0.15) is 0 Å². The molecule has 4 heteroatoms. The largest absolute Gasteiger partial charge is 0.309 e. The van der Waals surface area contributed by atoms with Crippen LogP contribution in [-0.4, -0.2) is 60.1 Å². The number of pyridine rings is 1. The zero-order valence-corrected chi connectivity index (χ0v) is 12.0. The van der Waals surface area contributed by atoms with Gasteiger partial charge in [-0.3, -0.25) is 14.8 Å². The fraction of sp³-hybridized carbons (Fsp3) is 0.667. The zero-order valence-electron chi connectivity index (χ0n) is 12.0. The fourth-order valence-corrected chi connectivity index (χ4v) is 3.33. The molecule has 0 saturated carbocycles. The van der Waals surface area contributed by atoms with Gasteiger partial charge in [0.1, 0.15) is 0 Å². The molecule has 4 heterocycles. The molecule has 1 aromatic heterocycles. The fourth-order valence-electron chi connectivity index (χ4n) is 3.33. The van der Waals surface area contributed by atoms with Crippen molar-refractivity contribution < 1.29 is 0 Å². The topological polar surface area (TPSA) is 31.4 Å². The zero-order chi connectivity index (χ0) is 13.2. The minimum absolute atomic E-state index is 0.404. The molecule has 2 atom stereocenters. The molecule has 3 saturated heterocycles. The van der Waals surface area contributed by atoms with Crippen LogP contribution in [0.1, 0.15) is 24.2 Å². The first-order valence-electron chi connectivity index (χ1n) is 7.40. The monoisotopic (exact) mass is 260 g/mol. The Hall–Kier alpha value is -0.970. The summed E-state index contributed by atoms with van der Waals surface area (Å²) in [5.74, 6) is 0. The number of fused-ring (bicyclic) bond motifs is 3. The van der Waals surface area contributed by atoms with E-state index in [9.17, 15) is 0 Å². The maximum atomic E-state index is 4.47. The Kier molecular flexibility index (Phi) is 3.82. The molecule has 19 heavy (non-hydrogen) atoms. The van der Waals surface area contributed by atoms with Crippen LogP contribution < -0.4 is 5.32 Å². The van der Waals surface area contributed by atoms with Crippen LogP contribution in [0.5, 0.6) is 0 Å². The number of hydrogen-bond donors (Lipinski definition) is 1. The van der Waals surface area contributed by atoms with E-state index in [1.807, 2.05) is 13.1 Å². The van der Waals surface area contributed by atoms with E-state index in [1.165, 1.54) is 38.3 Å². The lowest BCUT2D eigenvalue weighted by Gasteiger charge is -2.50. The third kappa shape index (κ3) is 2.66. The molecule has 104 valence electrons. The molecule has 3 aliphatic rings. The molecule has 4 rings (SSSR count). The second-order valence-electron chi connectivity index (χ2n) is 5.67. The molecular formula is C15H24N4. The maximum Gasteiger partial charge on any atom is 0.0505 e. The number of nitrogens with one attached hydrogen (secondary N) is 1. The second kappa shape index (κ2) is 5.57. The van der Waals surface area contributed by atoms with Crippen molar-refractivity contribution in [3.8, 4) is 0 Å². The van der Waals surface area contributed by atoms with Crippen LogP contribution in [0.2, 0.25) is 0 Å². The summed E-state index contributed by atoms with van der Waals surface area (Å²) in [4.78, 5) is 9.71. The third-order valence-corrected chi connectivity index (χ3v) is 4.42. The molecular weight excluding hydrogens is 236 g/mol. The summed E-state index contributed by atoms with van der Waals surface area (Å²) >= 11 is 0. The van der Waals surface area contributed by atoms with E-state index in [4.69, 9.17) is 0 Å². The van der Waals surface area contributed by atoms with Gasteiger partial charge in [-0.05, 0) is 25.1 Å². The van der Waals surface area contributed by atoms with Crippen LogP contribution in [-0.2, 0) is 0 Å². The summed E-state index contributed by atoms with van der Waals surface area (Å²) in [7, 11) is 0. The van der Waals surface area contributed by atoms with Crippen molar-refractivity contribution in [1.82, 2.24) is 20.1 Å². The normalized spacial score (nSPS) is 31.4. The van der Waals surface area contributed by atoms with Crippen LogP contribution in [0.4, 0.5) is 0 Å². The molecule has 2 unspecified atom stereocenters. The number of piperazine rings is 3. The number of nitrogens with zero attached hydrogens (tertiary/aromatic N) is 3. The van der Waals surface area contributed by atoms with Crippen molar-refractivity contribution in [2.75, 3.05) is 39.3 Å². The smallest absolute Gasteiger partial charge is 0.0505 e. The first-order chi connectivity index (χ1) is 9.28. The molecule has 2 bridgehead atoms. The Morgan fingerprint density at radius 1 is 1.32 bits per heavy atom. The van der Waals surface area contributed by atoms with Gasteiger partial charge in [-0.25, -0.2) is 0 Å². The maximum absolute atomic E-state index is 4.47. The standard InChI is InChI=1S/C15H24N4/c1-3-16-15(13-5-4-12(2)17-10-13)14-11-18-6-8-19(14)9-7-18/h4-5,10,14-16H,3,6-9,11H2,1-2H3. The Morgan fingerprint density at radius 3 is 2.63 bits per heavy atom. The molecule has 0 aromatic carbocycles. The SMILES string of the molecule is CCNC(c1ccc(C)nc1)C1CN2CCN1CC2. The third-order valence-electron chi connectivity index (χ3n) is 4.42. The number of likely N-dealkylation sites (N-methyl/N-ethyl adjacent to an activating group) is 1. The van der Waals surface area contributed by atoms with Gasteiger partial charge in [0.2, 0.25) is 0 Å². The van der Waals surface area contributed by atoms with Gasteiger partial charge in [-0.15, -0.1) is 0 Å². The van der Waals surface area contributed by atoms with Crippen LogP contribution >= 0.6 is 0 Å². The number of aryl methyl sites for hydroxylation is 1. The van der Waals surface area contributed by atoms with Crippen LogP contribution in [0.25, 0.3) is 0 Å². The van der Waals surface area contributed by atoms with E-state index in [-0.39, 0.29) is 0 Å². The summed E-state index contributed by atoms with van der Waals surface area (Å²) in [6, 6.07) is 5.35. The number of rotatable bonds is 4. The summed E-state index contributed by atoms with van der Waals surface area (Å²) in [5, 5.41) is 3.66. The summed E-state index contributed by atoms with van der Waals surface area (Å²) in [5.41, 5.74) is 2.42. The molecule has 0 amide bonds. The first kappa shape index (κ1) is 13.0. The van der Waals surface area contributed by atoms with Crippen molar-refractivity contribution in [2.45, 2.75) is 25.9 Å². The van der Waals surface area contributed by atoms with E-state index >= 15 is 0 Å². The highest BCUT2D eigenvalue weighted by Crippen LogP contribution is 2.27. The first-order valence-corrected chi connectivity index (χ1v) is 7.40. The van der Waals surface area contributed by atoms with Crippen molar-refractivity contribution >= 4 is 0 Å². The van der Waals surface area contributed by atoms with Crippen LogP contribution in [0.15, 0.2) is 18.3 Å². The van der Waals surface area contributed by atoms with E-state index in [1.54, 1.807) is 0 Å². The highest BCUT2D eigenvalue weighted by Gasteiger charge is 2.37. The second-order valence-corrected chi connectivity index (χ2v) is 5.67. The van der Waals surface area contributed by atoms with Gasteiger partial charge in [0.05, 0.1) is 6.04 Å². The van der Waals surface area contributed by atoms with Crippen molar-refractivity contribution in [3.63, 3.8) is 0 Å². The molecule has 4 nitrogen and oxygen atoms in total. The molecule has 3 aliphatic heterocycles. The molecule has 3 fully saturated rings.